The largest absolute Gasteiger partial charge is 0.453 e. The molecule has 9 rings (SSSR count). The molecule has 0 spiro atoms. The Morgan fingerprint density at radius 1 is 0.762 bits per heavy atom. The van der Waals surface area contributed by atoms with E-state index in [9.17, 15) is 19.2 Å². The molecule has 14 nitrogen and oxygen atoms in total. The molecule has 4 aromatic heterocycles. The Balaban J connectivity index is 0.911. The number of amides is 4. The van der Waals surface area contributed by atoms with Crippen LogP contribution in [0.4, 0.5) is 9.59 Å². The minimum absolute atomic E-state index is 0.131. The summed E-state index contributed by atoms with van der Waals surface area (Å²) in [5, 5.41) is 9.81. The molecule has 2 unspecified atom stereocenters. The van der Waals surface area contributed by atoms with E-state index in [1.165, 1.54) is 29.2 Å². The molecule has 0 bridgehead atoms. The SMILES string of the molecule is CC[C@@H](NC(=O)OC)C(=O)N1CCCC1c1nc2ccc(-c3ccc(-c4csc5c(-c6ccc7nc(C8C=CCN8C(=O)[C@@H](NC(=O)OC)C(C)C)[nH]c7c6)csc45)cc3)cc2[nH]1. The van der Waals surface area contributed by atoms with Crippen LogP contribution >= 0.6 is 22.7 Å². The van der Waals surface area contributed by atoms with Crippen LogP contribution < -0.4 is 10.6 Å². The predicted molar refractivity (Wildman–Crippen MR) is 246 cm³/mol. The number of aromatic amines is 2. The molecular formula is C47H48N8O6S2. The Bertz CT molecular complexity index is 2890. The standard InChI is InChI=1S/C47H48N8O6S2/c1-6-32(52-46(58)60-4)44(56)54-19-7-9-37(54)42-48-33-17-15-28(21-35(33)50-42)26-11-13-27(14-12-26)30-23-62-41-31(24-63-40(30)41)29-16-18-34-36(22-29)51-43(49-34)38-10-8-20-55(38)45(57)39(25(2)3)53-47(59)61-5/h8,10-18,21-25,32,37-39H,6-7,9,19-20H2,1-5H3,(H,48,50)(H,49,51)(H,52,58)(H,53,59)/t32-,37?,38?,39+/m1/s1. The third kappa shape index (κ3) is 7.93. The highest BCUT2D eigenvalue weighted by molar-refractivity contribution is 7.27. The number of aromatic nitrogens is 4. The average molecular weight is 885 g/mol. The van der Waals surface area contributed by atoms with E-state index in [1.54, 1.807) is 27.6 Å². The lowest BCUT2D eigenvalue weighted by atomic mass is 10.0. The van der Waals surface area contributed by atoms with Gasteiger partial charge in [-0.15, -0.1) is 22.7 Å². The van der Waals surface area contributed by atoms with Crippen molar-refractivity contribution in [3.63, 3.8) is 0 Å². The van der Waals surface area contributed by atoms with E-state index in [2.05, 4.69) is 79.9 Å². The predicted octanol–water partition coefficient (Wildman–Crippen LogP) is 9.33. The third-order valence-corrected chi connectivity index (χ3v) is 14.2. The van der Waals surface area contributed by atoms with Gasteiger partial charge in [-0.1, -0.05) is 69.3 Å². The number of nitrogens with zero attached hydrogens (tertiary/aromatic N) is 4. The number of thiophene rings is 2. The number of alkyl carbamates (subject to hydrolysis) is 2. The summed E-state index contributed by atoms with van der Waals surface area (Å²) in [5.41, 5.74) is 10.1. The van der Waals surface area contributed by atoms with Gasteiger partial charge < -0.3 is 39.9 Å². The zero-order valence-electron chi connectivity index (χ0n) is 35.6. The molecule has 2 aliphatic heterocycles. The van der Waals surface area contributed by atoms with E-state index < -0.39 is 24.3 Å². The molecule has 324 valence electrons. The van der Waals surface area contributed by atoms with Crippen molar-refractivity contribution in [2.45, 2.75) is 64.2 Å². The number of rotatable bonds is 11. The first-order valence-electron chi connectivity index (χ1n) is 21.1. The average Bonchev–Trinajstić information content (AvgIpc) is 4.16. The van der Waals surface area contributed by atoms with E-state index >= 15 is 0 Å². The summed E-state index contributed by atoms with van der Waals surface area (Å²) in [7, 11) is 2.58. The van der Waals surface area contributed by atoms with Crippen molar-refractivity contribution in [1.29, 1.82) is 0 Å². The van der Waals surface area contributed by atoms with Gasteiger partial charge in [0.2, 0.25) is 11.8 Å². The molecule has 63 heavy (non-hydrogen) atoms. The zero-order chi connectivity index (χ0) is 43.9. The zero-order valence-corrected chi connectivity index (χ0v) is 37.2. The molecule has 0 saturated carbocycles. The summed E-state index contributed by atoms with van der Waals surface area (Å²) in [4.78, 5) is 71.4. The van der Waals surface area contributed by atoms with Crippen LogP contribution in [0.15, 0.2) is 83.6 Å². The number of carbonyl (C=O) groups excluding carboxylic acids is 4. The van der Waals surface area contributed by atoms with Crippen LogP contribution in [0.2, 0.25) is 0 Å². The molecular weight excluding hydrogens is 837 g/mol. The maximum atomic E-state index is 13.7. The number of hydrogen-bond donors (Lipinski definition) is 4. The van der Waals surface area contributed by atoms with E-state index in [1.807, 2.05) is 50.0 Å². The van der Waals surface area contributed by atoms with Gasteiger partial charge in [0.25, 0.3) is 0 Å². The molecule has 16 heteroatoms. The quantitative estimate of drug-likeness (QED) is 0.0930. The number of nitrogens with one attached hydrogen (secondary N) is 4. The lowest BCUT2D eigenvalue weighted by Gasteiger charge is -2.29. The van der Waals surface area contributed by atoms with Gasteiger partial charge in [0.15, 0.2) is 0 Å². The first-order chi connectivity index (χ1) is 30.5. The van der Waals surface area contributed by atoms with Crippen molar-refractivity contribution >= 4 is 78.1 Å². The monoisotopic (exact) mass is 884 g/mol. The number of imidazole rings is 2. The van der Waals surface area contributed by atoms with E-state index in [0.717, 1.165) is 68.6 Å². The number of fused-ring (bicyclic) bond motifs is 3. The van der Waals surface area contributed by atoms with Crippen LogP contribution in [0.3, 0.4) is 0 Å². The maximum absolute atomic E-state index is 13.7. The highest BCUT2D eigenvalue weighted by atomic mass is 32.1. The Hall–Kier alpha value is -6.52. The molecule has 0 radical (unpaired) electrons. The summed E-state index contributed by atoms with van der Waals surface area (Å²) in [6.45, 7) is 6.68. The van der Waals surface area contributed by atoms with Crippen molar-refractivity contribution in [1.82, 2.24) is 40.4 Å². The van der Waals surface area contributed by atoms with Gasteiger partial charge in [-0.2, -0.15) is 0 Å². The summed E-state index contributed by atoms with van der Waals surface area (Å²) < 4.78 is 12.0. The van der Waals surface area contributed by atoms with E-state index in [0.29, 0.717) is 25.3 Å². The first-order valence-corrected chi connectivity index (χ1v) is 22.9. The second kappa shape index (κ2) is 17.3. The number of likely N-dealkylation sites (tertiary alicyclic amines) is 1. The lowest BCUT2D eigenvalue weighted by Crippen LogP contribution is -2.51. The second-order valence-electron chi connectivity index (χ2n) is 16.2. The van der Waals surface area contributed by atoms with Gasteiger partial charge in [0.05, 0.1) is 51.7 Å². The number of carbonyl (C=O) groups is 4. The van der Waals surface area contributed by atoms with Crippen LogP contribution in [-0.2, 0) is 19.1 Å². The molecule has 2 aliphatic rings. The number of methoxy groups -OCH3 is 2. The molecule has 0 aliphatic carbocycles. The van der Waals surface area contributed by atoms with Crippen LogP contribution in [-0.4, -0.2) is 93.1 Å². The van der Waals surface area contributed by atoms with Crippen molar-refractivity contribution in [2.75, 3.05) is 27.3 Å². The summed E-state index contributed by atoms with van der Waals surface area (Å²) in [6.07, 6.45) is 4.77. The van der Waals surface area contributed by atoms with Crippen molar-refractivity contribution in [2.24, 2.45) is 5.92 Å². The molecule has 4 amide bonds. The third-order valence-electron chi connectivity index (χ3n) is 12.1. The fraction of sp³-hybridized carbons (Fsp3) is 0.319. The Morgan fingerprint density at radius 2 is 1.35 bits per heavy atom. The van der Waals surface area contributed by atoms with E-state index in [-0.39, 0.29) is 29.8 Å². The Morgan fingerprint density at radius 3 is 2.02 bits per heavy atom. The minimum Gasteiger partial charge on any atom is -0.453 e. The van der Waals surface area contributed by atoms with Crippen molar-refractivity contribution < 1.29 is 28.7 Å². The van der Waals surface area contributed by atoms with Crippen LogP contribution in [0.5, 0.6) is 0 Å². The Kier molecular flexibility index (Phi) is 11.5. The van der Waals surface area contributed by atoms with Crippen molar-refractivity contribution in [3.8, 4) is 33.4 Å². The minimum atomic E-state index is -0.729. The smallest absolute Gasteiger partial charge is 0.407 e. The molecule has 1 fully saturated rings. The highest BCUT2D eigenvalue weighted by Crippen LogP contribution is 2.45. The maximum Gasteiger partial charge on any atom is 0.407 e. The van der Waals surface area contributed by atoms with Gasteiger partial charge in [-0.3, -0.25) is 9.59 Å². The number of hydrogen-bond acceptors (Lipinski definition) is 10. The lowest BCUT2D eigenvalue weighted by molar-refractivity contribution is -0.135. The molecule has 3 aromatic carbocycles. The Labute approximate surface area is 371 Å². The molecule has 4 atom stereocenters. The van der Waals surface area contributed by atoms with Crippen LogP contribution in [0, 0.1) is 5.92 Å². The van der Waals surface area contributed by atoms with Gasteiger partial charge in [-0.05, 0) is 71.7 Å². The fourth-order valence-electron chi connectivity index (χ4n) is 8.68. The van der Waals surface area contributed by atoms with Crippen molar-refractivity contribution in [3.05, 3.63) is 95.2 Å². The number of benzene rings is 3. The van der Waals surface area contributed by atoms with Gasteiger partial charge >= 0.3 is 12.2 Å². The van der Waals surface area contributed by atoms with Gasteiger partial charge in [0.1, 0.15) is 29.8 Å². The van der Waals surface area contributed by atoms with Gasteiger partial charge in [-0.25, -0.2) is 19.6 Å². The second-order valence-corrected chi connectivity index (χ2v) is 18.0. The topological polar surface area (TPSA) is 175 Å². The summed E-state index contributed by atoms with van der Waals surface area (Å²) in [6, 6.07) is 19.1. The fourth-order valence-corrected chi connectivity index (χ4v) is 11.1. The highest BCUT2D eigenvalue weighted by Gasteiger charge is 2.37. The van der Waals surface area contributed by atoms with Crippen LogP contribution in [0.25, 0.3) is 64.8 Å². The van der Waals surface area contributed by atoms with Gasteiger partial charge in [0, 0.05) is 35.0 Å². The molecule has 1 saturated heterocycles. The summed E-state index contributed by atoms with van der Waals surface area (Å²) in [5.74, 6) is 0.954. The molecule has 6 heterocycles. The first kappa shape index (κ1) is 41.8. The number of ether oxygens (including phenoxy) is 2. The molecule has 7 aromatic rings. The molecule has 4 N–H and O–H groups in total. The van der Waals surface area contributed by atoms with Crippen LogP contribution in [0.1, 0.15) is 63.8 Å². The summed E-state index contributed by atoms with van der Waals surface area (Å²) >= 11 is 3.47. The normalized spacial score (nSPS) is 17.2. The number of H-pyrrole nitrogens is 2. The van der Waals surface area contributed by atoms with E-state index in [4.69, 9.17) is 19.4 Å².